The molecule has 0 spiro atoms. The van der Waals surface area contributed by atoms with Crippen LogP contribution in [0.25, 0.3) is 0 Å². The van der Waals surface area contributed by atoms with Gasteiger partial charge < -0.3 is 121 Å². The van der Waals surface area contributed by atoms with Gasteiger partial charge in [-0.2, -0.15) is 0 Å². The summed E-state index contributed by atoms with van der Waals surface area (Å²) in [6.45, 7) is -5.40. The van der Waals surface area contributed by atoms with E-state index in [1.807, 2.05) is 0 Å². The van der Waals surface area contributed by atoms with Gasteiger partial charge in [-0.15, -0.1) is 0 Å². The summed E-state index contributed by atoms with van der Waals surface area (Å²) in [7, 11) is -45.2. The van der Waals surface area contributed by atoms with Gasteiger partial charge in [0.25, 0.3) is 0 Å². The van der Waals surface area contributed by atoms with Crippen molar-refractivity contribution in [1.29, 1.82) is 0 Å². The van der Waals surface area contributed by atoms with E-state index < -0.39 is 188 Å². The van der Waals surface area contributed by atoms with Crippen LogP contribution in [0.15, 0.2) is 0 Å². The van der Waals surface area contributed by atoms with Gasteiger partial charge in [-0.1, -0.05) is 0 Å². The van der Waals surface area contributed by atoms with E-state index in [4.69, 9.17) is 56.2 Å². The van der Waals surface area contributed by atoms with E-state index in [0.29, 0.717) is 0 Å². The van der Waals surface area contributed by atoms with Crippen molar-refractivity contribution in [2.24, 2.45) is 0 Å². The molecule has 16 N–H and O–H groups in total. The first-order valence-electron chi connectivity index (χ1n) is 21.2. The number of rotatable bonds is 38. The topological polar surface area (TPSA) is 617 Å². The maximum absolute atomic E-state index is 12.5. The molecular formula is C28H60O41P8. The first kappa shape index (κ1) is 71.8. The summed E-state index contributed by atoms with van der Waals surface area (Å²) in [5.41, 5.74) is -1.70. The van der Waals surface area contributed by atoms with Crippen LogP contribution in [-0.2, 0) is 115 Å². The Kier molecular flexibility index (Phi) is 28.0. The van der Waals surface area contributed by atoms with Gasteiger partial charge in [0.15, 0.2) is 0 Å². The van der Waals surface area contributed by atoms with Crippen molar-refractivity contribution >= 4 is 62.6 Å². The molecule has 3 aliphatic rings. The zero-order chi connectivity index (χ0) is 58.6. The van der Waals surface area contributed by atoms with Crippen molar-refractivity contribution in [3.8, 4) is 0 Å². The molecular weight excluding hydrogens is 1240 g/mol. The second-order valence-electron chi connectivity index (χ2n) is 16.0. The van der Waals surface area contributed by atoms with Gasteiger partial charge in [-0.3, -0.25) is 36.2 Å². The van der Waals surface area contributed by atoms with Crippen LogP contribution in [0, 0.1) is 0 Å². The van der Waals surface area contributed by atoms with Crippen LogP contribution in [0.1, 0.15) is 12.8 Å². The number of phosphoric acid groups is 8. The molecule has 3 rings (SSSR count). The van der Waals surface area contributed by atoms with Crippen molar-refractivity contribution in [2.45, 2.75) is 91.7 Å². The van der Waals surface area contributed by atoms with Gasteiger partial charge >= 0.3 is 62.6 Å². The zero-order valence-corrected chi connectivity index (χ0v) is 46.7. The van der Waals surface area contributed by atoms with E-state index in [2.05, 4.69) is 22.6 Å². The SMILES string of the molecule is COCCOCCO[C@@H]1[C@@H](OP(=O)(O)O)[C@H](OCC2(OCCO[C@@H]3[C@@H](OP(=O)(O)O)[C@H](OCCOCCOC)[C@@H](OP(=O)(O)O)[C@@H](OP(=O)(O)O)[C@H]3OP(=O)(O)O)CC2)[C@@H](OP(=O)(O)O)[C@H](OP(=O)(O)O)[C@H]1OP(=O)(O)O. The van der Waals surface area contributed by atoms with E-state index in [-0.39, 0.29) is 39.3 Å². The van der Waals surface area contributed by atoms with E-state index in [9.17, 15) is 115 Å². The van der Waals surface area contributed by atoms with E-state index >= 15 is 0 Å². The van der Waals surface area contributed by atoms with Crippen LogP contribution in [0.5, 0.6) is 0 Å². The average molecular weight is 1300 g/mol. The van der Waals surface area contributed by atoms with Crippen molar-refractivity contribution in [1.82, 2.24) is 0 Å². The highest BCUT2D eigenvalue weighted by Crippen LogP contribution is 2.56. The minimum Gasteiger partial charge on any atom is -0.382 e. The number of hydrogen-bond donors (Lipinski definition) is 16. The Morgan fingerprint density at radius 1 is 0.299 bits per heavy atom. The Labute approximate surface area is 434 Å². The molecule has 0 radical (unpaired) electrons. The highest BCUT2D eigenvalue weighted by atomic mass is 31.2. The summed E-state index contributed by atoms with van der Waals surface area (Å²) in [6, 6.07) is 0. The summed E-state index contributed by atoms with van der Waals surface area (Å²) in [5.74, 6) is 0. The highest BCUT2D eigenvalue weighted by molar-refractivity contribution is 7.48. The Hall–Kier alpha value is 0.520. The molecule has 0 heterocycles. The largest absolute Gasteiger partial charge is 0.470 e. The first-order chi connectivity index (χ1) is 35.1. The number of phosphoric ester groups is 8. The molecule has 3 aliphatic carbocycles. The lowest BCUT2D eigenvalue weighted by Crippen LogP contribution is -2.67. The summed E-state index contributed by atoms with van der Waals surface area (Å²) in [6.07, 6.45) is -32.0. The third-order valence-electron chi connectivity index (χ3n) is 10.0. The quantitative estimate of drug-likeness (QED) is 0.0209. The van der Waals surface area contributed by atoms with E-state index in [1.165, 1.54) is 14.2 Å². The second kappa shape index (κ2) is 30.0. The first-order valence-corrected chi connectivity index (χ1v) is 33.4. The van der Waals surface area contributed by atoms with Gasteiger partial charge in [-0.25, -0.2) is 36.5 Å². The van der Waals surface area contributed by atoms with Gasteiger partial charge in [-0.05, 0) is 12.8 Å². The molecule has 0 unspecified atom stereocenters. The normalized spacial score (nSPS) is 29.0. The molecule has 0 aromatic carbocycles. The minimum atomic E-state index is -6.02. The molecule has 0 amide bonds. The predicted octanol–water partition coefficient (Wildman–Crippen LogP) is -3.75. The van der Waals surface area contributed by atoms with E-state index in [1.54, 1.807) is 0 Å². The molecule has 41 nitrogen and oxygen atoms in total. The Morgan fingerprint density at radius 2 is 0.506 bits per heavy atom. The number of hydrogen-bond acceptors (Lipinski definition) is 25. The van der Waals surface area contributed by atoms with Crippen LogP contribution in [0.2, 0.25) is 0 Å². The molecule has 0 saturated heterocycles. The van der Waals surface area contributed by atoms with Crippen molar-refractivity contribution in [3.63, 3.8) is 0 Å². The maximum atomic E-state index is 12.5. The lowest BCUT2D eigenvalue weighted by Gasteiger charge is -2.49. The molecule has 0 aromatic rings. The minimum absolute atomic E-state index is 0.00832. The smallest absolute Gasteiger partial charge is 0.382 e. The van der Waals surface area contributed by atoms with Gasteiger partial charge in [0.2, 0.25) is 0 Å². The fourth-order valence-electron chi connectivity index (χ4n) is 7.37. The van der Waals surface area contributed by atoms with Crippen LogP contribution in [0.4, 0.5) is 0 Å². The molecule has 0 bridgehead atoms. The number of methoxy groups -OCH3 is 2. The molecule has 49 heteroatoms. The van der Waals surface area contributed by atoms with Crippen LogP contribution in [0.3, 0.4) is 0 Å². The summed E-state index contributed by atoms with van der Waals surface area (Å²) >= 11 is 0. The summed E-state index contributed by atoms with van der Waals surface area (Å²) in [5, 5.41) is 0. The number of ether oxygens (including phenoxy) is 9. The molecule has 0 aromatic heterocycles. The molecule has 12 atom stereocenters. The van der Waals surface area contributed by atoms with Crippen molar-refractivity contribution < 1.29 is 194 Å². The molecule has 458 valence electrons. The lowest BCUT2D eigenvalue weighted by atomic mass is 9.84. The molecule has 0 aliphatic heterocycles. The van der Waals surface area contributed by atoms with Gasteiger partial charge in [0.05, 0.1) is 78.3 Å². The van der Waals surface area contributed by atoms with Gasteiger partial charge in [0, 0.05) is 14.2 Å². The van der Waals surface area contributed by atoms with Crippen LogP contribution >= 0.6 is 62.6 Å². The highest BCUT2D eigenvalue weighted by Gasteiger charge is 2.63. The zero-order valence-electron chi connectivity index (χ0n) is 39.6. The standard InChI is InChI=1S/C28H60O41P8/c1-53-5-7-55-9-11-57-16-20(62-70(29,30)31)17(23(65-73(38,39)40)26(68-76(47,48)49)22(16)64-72(35,36)37)59-13-14-61-28(3-4-28)15-60-19-21(63-71(32,33)34)18(58-12-10-56-8-6-54-2)24(66-74(41,42)43)27(69-77(50,51)52)25(19)67-75(44,45)46/h16-27H,3-15H2,1-2H3,(H2,29,30,31)(H2,32,33,34)(H2,35,36,37)(H2,38,39,40)(H2,41,42,43)(H2,44,45,46)(H2,47,48,49)(H2,50,51,52)/t16-,17+,18+,19-,20-,21+,22+,23-,24-,25+,26+,27+/m0/s1. The third kappa shape index (κ3) is 27.9. The Balaban J connectivity index is 2.10. The fourth-order valence-corrected chi connectivity index (χ4v) is 11.8. The van der Waals surface area contributed by atoms with Crippen molar-refractivity contribution in [2.75, 3.05) is 86.9 Å². The monoisotopic (exact) mass is 1300 g/mol. The average Bonchev–Trinajstić information content (AvgIpc) is 4.00. The van der Waals surface area contributed by atoms with Crippen LogP contribution < -0.4 is 0 Å². The second-order valence-corrected chi connectivity index (χ2v) is 25.5. The third-order valence-corrected chi connectivity index (χ3v) is 14.2. The summed E-state index contributed by atoms with van der Waals surface area (Å²) < 4.78 is 185. The van der Waals surface area contributed by atoms with Crippen LogP contribution in [-0.4, -0.2) is 244 Å². The van der Waals surface area contributed by atoms with Gasteiger partial charge in [0.1, 0.15) is 73.2 Å². The predicted molar refractivity (Wildman–Crippen MR) is 238 cm³/mol. The molecule has 77 heavy (non-hydrogen) atoms. The lowest BCUT2D eigenvalue weighted by molar-refractivity contribution is -0.243. The summed E-state index contributed by atoms with van der Waals surface area (Å²) in [4.78, 5) is 158. The van der Waals surface area contributed by atoms with E-state index in [0.717, 1.165) is 0 Å². The Bertz CT molecular complexity index is 2210. The molecule has 3 fully saturated rings. The fraction of sp³-hybridized carbons (Fsp3) is 1.00. The molecule has 3 saturated carbocycles. The van der Waals surface area contributed by atoms with Crippen molar-refractivity contribution in [3.05, 3.63) is 0 Å². The Morgan fingerprint density at radius 3 is 0.740 bits per heavy atom. The maximum Gasteiger partial charge on any atom is 0.470 e.